The van der Waals surface area contributed by atoms with Crippen molar-refractivity contribution < 1.29 is 45.0 Å². The Bertz CT molecular complexity index is 243. The number of carbonyl (C=O) groups is 3. The van der Waals surface area contributed by atoms with Crippen molar-refractivity contribution in [2.45, 2.75) is 38.9 Å². The monoisotopic (exact) mass is 298 g/mol. The van der Waals surface area contributed by atoms with Gasteiger partial charge in [0.05, 0.1) is 25.4 Å². The van der Waals surface area contributed by atoms with Crippen LogP contribution in [0.4, 0.5) is 0 Å². The van der Waals surface area contributed by atoms with Gasteiger partial charge in [-0.2, -0.15) is 0 Å². The first-order valence-corrected chi connectivity index (χ1v) is 5.55. The van der Waals surface area contributed by atoms with Crippen molar-refractivity contribution >= 4 is 17.7 Å². The second-order valence-corrected chi connectivity index (χ2v) is 3.66. The molecule has 0 aromatic rings. The topological polar surface area (TPSA) is 173 Å². The smallest absolute Gasteiger partial charge is 0.300 e. The number of aliphatic hydroxyl groups excluding tert-OH is 4. The van der Waals surface area contributed by atoms with E-state index in [1.165, 1.54) is 0 Å². The largest absolute Gasteiger partial charge is 0.481 e. The molecule has 2 unspecified atom stereocenters. The molecule has 0 rings (SSSR count). The summed E-state index contributed by atoms with van der Waals surface area (Å²) in [7, 11) is 0. The predicted molar refractivity (Wildman–Crippen MR) is 67.0 cm³/mol. The molecule has 9 nitrogen and oxygen atoms in total. The van der Waals surface area contributed by atoms with Gasteiger partial charge in [0.2, 0.25) is 0 Å². The summed E-state index contributed by atoms with van der Waals surface area (Å²) in [4.78, 5) is 28.8. The Morgan fingerprint density at radius 1 is 0.800 bits per heavy atom. The van der Waals surface area contributed by atoms with Crippen LogP contribution in [0.5, 0.6) is 0 Å². The van der Waals surface area contributed by atoms with E-state index in [9.17, 15) is 4.79 Å². The summed E-state index contributed by atoms with van der Waals surface area (Å²) in [6.07, 6.45) is -2.51. The number of carbonyl (C=O) groups excluding carboxylic acids is 1. The molecule has 0 radical (unpaired) electrons. The van der Waals surface area contributed by atoms with E-state index < -0.39 is 37.4 Å². The molecule has 0 amide bonds. The van der Waals surface area contributed by atoms with E-state index in [0.29, 0.717) is 0 Å². The van der Waals surface area contributed by atoms with Gasteiger partial charge in [-0.1, -0.05) is 0 Å². The van der Waals surface area contributed by atoms with Gasteiger partial charge >= 0.3 is 0 Å². The lowest BCUT2D eigenvalue weighted by molar-refractivity contribution is -0.135. The van der Waals surface area contributed by atoms with Gasteiger partial charge in [-0.25, -0.2) is 0 Å². The Kier molecular flexibility index (Phi) is 18.2. The summed E-state index contributed by atoms with van der Waals surface area (Å²) in [5, 5.41) is 49.2. The molecule has 0 aromatic carbocycles. The highest BCUT2D eigenvalue weighted by Crippen LogP contribution is 1.99. The van der Waals surface area contributed by atoms with E-state index in [-0.39, 0.29) is 18.6 Å². The molecule has 2 atom stereocenters. The molecule has 0 aliphatic carbocycles. The van der Waals surface area contributed by atoms with E-state index in [2.05, 4.69) is 0 Å². The minimum Gasteiger partial charge on any atom is -0.481 e. The average Bonchev–Trinajstić information content (AvgIpc) is 2.26. The van der Waals surface area contributed by atoms with Gasteiger partial charge in [-0.05, 0) is 0 Å². The molecule has 0 saturated heterocycles. The SMILES string of the molecule is CC(=O)O.CC(=O)O.O=C(CC(O)CO)CC(O)CO. The van der Waals surface area contributed by atoms with E-state index in [1.54, 1.807) is 0 Å². The maximum atomic E-state index is 10.8. The van der Waals surface area contributed by atoms with Crippen LogP contribution in [0.1, 0.15) is 26.7 Å². The van der Waals surface area contributed by atoms with Crippen LogP contribution in [0.3, 0.4) is 0 Å². The molecule has 120 valence electrons. The summed E-state index contributed by atoms with van der Waals surface area (Å²) >= 11 is 0. The van der Waals surface area contributed by atoms with Crippen LogP contribution >= 0.6 is 0 Å². The molecule has 0 aromatic heterocycles. The molecule has 0 aliphatic heterocycles. The highest BCUT2D eigenvalue weighted by Gasteiger charge is 2.13. The zero-order valence-electron chi connectivity index (χ0n) is 11.4. The van der Waals surface area contributed by atoms with Crippen LogP contribution in [0.25, 0.3) is 0 Å². The van der Waals surface area contributed by atoms with Crippen molar-refractivity contribution in [3.05, 3.63) is 0 Å². The predicted octanol–water partition coefficient (Wildman–Crippen LogP) is -1.78. The molecule has 0 bridgehead atoms. The van der Waals surface area contributed by atoms with E-state index >= 15 is 0 Å². The molecule has 0 saturated carbocycles. The minimum atomic E-state index is -1.07. The molecule has 9 heteroatoms. The van der Waals surface area contributed by atoms with Crippen molar-refractivity contribution in [3.8, 4) is 0 Å². The lowest BCUT2D eigenvalue weighted by atomic mass is 10.1. The minimum absolute atomic E-state index is 0.187. The van der Waals surface area contributed by atoms with Crippen molar-refractivity contribution in [2.24, 2.45) is 0 Å². The number of carboxylic acid groups (broad SMARTS) is 2. The normalized spacial score (nSPS) is 11.9. The lowest BCUT2D eigenvalue weighted by Gasteiger charge is -2.08. The van der Waals surface area contributed by atoms with Gasteiger partial charge in [-0.15, -0.1) is 0 Å². The molecular formula is C11H22O9. The molecule has 0 aliphatic rings. The first-order chi connectivity index (χ1) is 9.06. The summed E-state index contributed by atoms with van der Waals surface area (Å²) in [5.41, 5.74) is 0. The summed E-state index contributed by atoms with van der Waals surface area (Å²) in [6.45, 7) is 1.22. The molecule has 6 N–H and O–H groups in total. The van der Waals surface area contributed by atoms with Crippen molar-refractivity contribution in [2.75, 3.05) is 13.2 Å². The Morgan fingerprint density at radius 2 is 1.00 bits per heavy atom. The molecular weight excluding hydrogens is 276 g/mol. The van der Waals surface area contributed by atoms with Crippen molar-refractivity contribution in [1.29, 1.82) is 0 Å². The van der Waals surface area contributed by atoms with Gasteiger partial charge in [0.25, 0.3) is 11.9 Å². The average molecular weight is 298 g/mol. The third kappa shape index (κ3) is 36.0. The quantitative estimate of drug-likeness (QED) is 0.331. The standard InChI is InChI=1S/C7H14O5.2C2H4O2/c8-3-6(11)1-5(10)2-7(12)4-9;2*1-2(3)4/h6-9,11-12H,1-4H2;2*1H3,(H,3,4). The van der Waals surface area contributed by atoms with E-state index in [4.69, 9.17) is 40.2 Å². The zero-order chi connectivity index (χ0) is 16.7. The summed E-state index contributed by atoms with van der Waals surface area (Å²) in [5.74, 6) is -2.04. The van der Waals surface area contributed by atoms with Crippen LogP contribution in [0, 0.1) is 0 Å². The van der Waals surface area contributed by atoms with E-state index in [1.807, 2.05) is 0 Å². The zero-order valence-corrected chi connectivity index (χ0v) is 11.4. The van der Waals surface area contributed by atoms with Gasteiger partial charge in [-0.3, -0.25) is 14.4 Å². The molecule has 0 heterocycles. The number of hydrogen-bond acceptors (Lipinski definition) is 7. The van der Waals surface area contributed by atoms with Crippen LogP contribution in [0.2, 0.25) is 0 Å². The van der Waals surface area contributed by atoms with Crippen LogP contribution < -0.4 is 0 Å². The van der Waals surface area contributed by atoms with Crippen molar-refractivity contribution in [3.63, 3.8) is 0 Å². The number of ketones is 1. The van der Waals surface area contributed by atoms with Crippen LogP contribution in [-0.2, 0) is 14.4 Å². The summed E-state index contributed by atoms with van der Waals surface area (Å²) < 4.78 is 0. The van der Waals surface area contributed by atoms with Gasteiger partial charge in [0.15, 0.2) is 0 Å². The first-order valence-electron chi connectivity index (χ1n) is 5.55. The van der Waals surface area contributed by atoms with Gasteiger partial charge < -0.3 is 30.6 Å². The number of carboxylic acids is 2. The van der Waals surface area contributed by atoms with E-state index in [0.717, 1.165) is 13.8 Å². The molecule has 0 fully saturated rings. The van der Waals surface area contributed by atoms with Gasteiger partial charge in [0, 0.05) is 26.7 Å². The first kappa shape index (κ1) is 23.5. The highest BCUT2D eigenvalue weighted by molar-refractivity contribution is 5.79. The second kappa shape index (κ2) is 15.5. The molecule has 0 spiro atoms. The number of Topliss-reactive ketones (excluding diaryl/α,β-unsaturated/α-hetero) is 1. The number of aliphatic carboxylic acids is 2. The maximum Gasteiger partial charge on any atom is 0.300 e. The number of rotatable bonds is 6. The molecule has 20 heavy (non-hydrogen) atoms. The third-order valence-electron chi connectivity index (χ3n) is 1.35. The van der Waals surface area contributed by atoms with Crippen LogP contribution in [0.15, 0.2) is 0 Å². The van der Waals surface area contributed by atoms with Crippen LogP contribution in [-0.4, -0.2) is 73.8 Å². The fourth-order valence-corrected chi connectivity index (χ4v) is 0.738. The van der Waals surface area contributed by atoms with Gasteiger partial charge in [0.1, 0.15) is 5.78 Å². The number of hydrogen-bond donors (Lipinski definition) is 6. The lowest BCUT2D eigenvalue weighted by Crippen LogP contribution is -2.22. The highest BCUT2D eigenvalue weighted by atomic mass is 16.4. The Morgan fingerprint density at radius 3 is 1.15 bits per heavy atom. The Labute approximate surface area is 116 Å². The number of aliphatic hydroxyl groups is 4. The fraction of sp³-hybridized carbons (Fsp3) is 0.727. The summed E-state index contributed by atoms with van der Waals surface area (Å²) in [6, 6.07) is 0. The fourth-order valence-electron chi connectivity index (χ4n) is 0.738. The van der Waals surface area contributed by atoms with Crippen molar-refractivity contribution in [1.82, 2.24) is 0 Å². The third-order valence-corrected chi connectivity index (χ3v) is 1.35. The Balaban J connectivity index is -0.000000297. The Hall–Kier alpha value is -1.55. The second-order valence-electron chi connectivity index (χ2n) is 3.66. The maximum absolute atomic E-state index is 10.8.